The first-order chi connectivity index (χ1) is 8.28. The van der Waals surface area contributed by atoms with Gasteiger partial charge < -0.3 is 9.84 Å². The zero-order valence-corrected chi connectivity index (χ0v) is 12.3. The molecule has 1 N–H and O–H groups in total. The van der Waals surface area contributed by atoms with Crippen molar-refractivity contribution in [3.63, 3.8) is 0 Å². The summed E-state index contributed by atoms with van der Waals surface area (Å²) in [6.45, 7) is 10.4. The summed E-state index contributed by atoms with van der Waals surface area (Å²) in [6, 6.07) is 0. The van der Waals surface area contributed by atoms with Gasteiger partial charge in [-0.15, -0.1) is 0 Å². The van der Waals surface area contributed by atoms with Gasteiger partial charge in [0.1, 0.15) is 0 Å². The van der Waals surface area contributed by atoms with E-state index in [2.05, 4.69) is 27.7 Å². The summed E-state index contributed by atoms with van der Waals surface area (Å²) in [7, 11) is 0. The lowest BCUT2D eigenvalue weighted by atomic mass is 9.45. The largest absolute Gasteiger partial charge is 0.393 e. The van der Waals surface area contributed by atoms with Crippen LogP contribution in [0.4, 0.5) is 0 Å². The van der Waals surface area contributed by atoms with Crippen LogP contribution in [0.25, 0.3) is 0 Å². The highest BCUT2D eigenvalue weighted by molar-refractivity contribution is 5.10. The van der Waals surface area contributed by atoms with E-state index in [0.29, 0.717) is 5.92 Å². The van der Waals surface area contributed by atoms with Gasteiger partial charge in [0.15, 0.2) is 0 Å². The lowest BCUT2D eigenvalue weighted by Gasteiger charge is -2.61. The molecule has 18 heavy (non-hydrogen) atoms. The Hall–Kier alpha value is -0.0800. The van der Waals surface area contributed by atoms with Gasteiger partial charge in [0.2, 0.25) is 0 Å². The second kappa shape index (κ2) is 3.73. The van der Waals surface area contributed by atoms with E-state index in [4.69, 9.17) is 4.74 Å². The summed E-state index contributed by atoms with van der Waals surface area (Å²) >= 11 is 0. The molecule has 5 atom stereocenters. The Kier molecular flexibility index (Phi) is 2.68. The normalized spacial score (nSPS) is 54.8. The second-order valence-corrected chi connectivity index (χ2v) is 8.15. The Morgan fingerprint density at radius 1 is 1.00 bits per heavy atom. The van der Waals surface area contributed by atoms with Crippen LogP contribution in [-0.4, -0.2) is 23.4 Å². The zero-order valence-electron chi connectivity index (χ0n) is 12.3. The molecule has 3 fully saturated rings. The number of hydrogen-bond acceptors (Lipinski definition) is 2. The molecule has 3 aliphatic rings. The monoisotopic (exact) mass is 252 g/mol. The highest BCUT2D eigenvalue weighted by Crippen LogP contribution is 2.64. The van der Waals surface area contributed by atoms with Crippen LogP contribution in [0.5, 0.6) is 0 Å². The lowest BCUT2D eigenvalue weighted by Crippen LogP contribution is -2.58. The molecule has 2 aliphatic carbocycles. The Bertz CT molecular complexity index is 347. The fourth-order valence-electron chi connectivity index (χ4n) is 5.99. The maximum atomic E-state index is 10.3. The molecule has 1 saturated heterocycles. The molecule has 1 aliphatic heterocycles. The number of hydrogen-bond donors (Lipinski definition) is 1. The molecule has 0 bridgehead atoms. The zero-order chi connectivity index (χ0) is 13.2. The van der Waals surface area contributed by atoms with E-state index in [1.54, 1.807) is 0 Å². The quantitative estimate of drug-likeness (QED) is 0.716. The molecule has 3 rings (SSSR count). The Morgan fingerprint density at radius 3 is 2.44 bits per heavy atom. The van der Waals surface area contributed by atoms with Crippen molar-refractivity contribution in [3.05, 3.63) is 0 Å². The minimum absolute atomic E-state index is 0.0817. The SMILES string of the molecule is CC1(C)C[C@H](O)C[C@@]2(C)C1CC[C@@]1(C)OCCC21. The standard InChI is InChI=1S/C16H28O2/c1-14(2)9-11(17)10-15(3)12(14)5-7-16(4)13(15)6-8-18-16/h11-13,17H,5-10H2,1-4H3/t11-,12?,13?,15-,16+/m0/s1. The summed E-state index contributed by atoms with van der Waals surface area (Å²) in [5, 5.41) is 10.3. The molecule has 2 unspecified atom stereocenters. The first kappa shape index (κ1) is 12.9. The van der Waals surface area contributed by atoms with Crippen molar-refractivity contribution in [2.45, 2.75) is 71.5 Å². The third-order valence-electron chi connectivity index (χ3n) is 6.48. The first-order valence-electron chi connectivity index (χ1n) is 7.60. The maximum absolute atomic E-state index is 10.3. The topological polar surface area (TPSA) is 29.5 Å². The van der Waals surface area contributed by atoms with E-state index in [0.717, 1.165) is 25.4 Å². The van der Waals surface area contributed by atoms with Gasteiger partial charge in [0, 0.05) is 6.61 Å². The summed E-state index contributed by atoms with van der Waals surface area (Å²) < 4.78 is 6.08. The van der Waals surface area contributed by atoms with Crippen molar-refractivity contribution < 1.29 is 9.84 Å². The van der Waals surface area contributed by atoms with Gasteiger partial charge in [0.25, 0.3) is 0 Å². The molecule has 2 saturated carbocycles. The number of rotatable bonds is 0. The Balaban J connectivity index is 2.00. The molecule has 0 aromatic rings. The van der Waals surface area contributed by atoms with Crippen LogP contribution in [0.2, 0.25) is 0 Å². The van der Waals surface area contributed by atoms with Crippen LogP contribution in [0.3, 0.4) is 0 Å². The minimum Gasteiger partial charge on any atom is -0.393 e. The van der Waals surface area contributed by atoms with Crippen molar-refractivity contribution in [3.8, 4) is 0 Å². The fraction of sp³-hybridized carbons (Fsp3) is 1.00. The highest BCUT2D eigenvalue weighted by Gasteiger charge is 2.61. The molecule has 2 heteroatoms. The van der Waals surface area contributed by atoms with Crippen molar-refractivity contribution >= 4 is 0 Å². The van der Waals surface area contributed by atoms with Gasteiger partial charge in [-0.2, -0.15) is 0 Å². The van der Waals surface area contributed by atoms with E-state index < -0.39 is 0 Å². The van der Waals surface area contributed by atoms with E-state index in [9.17, 15) is 5.11 Å². The molecule has 0 aromatic carbocycles. The summed E-state index contributed by atoms with van der Waals surface area (Å²) in [5.41, 5.74) is 0.624. The van der Waals surface area contributed by atoms with Gasteiger partial charge in [-0.25, -0.2) is 0 Å². The van der Waals surface area contributed by atoms with Gasteiger partial charge in [-0.1, -0.05) is 20.8 Å². The molecule has 104 valence electrons. The molecule has 0 aromatic heterocycles. The maximum Gasteiger partial charge on any atom is 0.0688 e. The summed E-state index contributed by atoms with van der Waals surface area (Å²) in [4.78, 5) is 0. The minimum atomic E-state index is -0.121. The molecule has 1 heterocycles. The predicted molar refractivity (Wildman–Crippen MR) is 72.3 cm³/mol. The molecule has 2 nitrogen and oxygen atoms in total. The fourth-order valence-corrected chi connectivity index (χ4v) is 5.99. The van der Waals surface area contributed by atoms with Crippen molar-refractivity contribution in [1.29, 1.82) is 0 Å². The van der Waals surface area contributed by atoms with Crippen LogP contribution in [0.15, 0.2) is 0 Å². The van der Waals surface area contributed by atoms with E-state index >= 15 is 0 Å². The number of ether oxygens (including phenoxy) is 1. The van der Waals surface area contributed by atoms with Crippen LogP contribution in [0.1, 0.15) is 59.8 Å². The van der Waals surface area contributed by atoms with Crippen LogP contribution in [-0.2, 0) is 4.74 Å². The second-order valence-electron chi connectivity index (χ2n) is 8.15. The molecule has 0 amide bonds. The van der Waals surface area contributed by atoms with Crippen LogP contribution in [0, 0.1) is 22.7 Å². The number of aliphatic hydroxyl groups is 1. The van der Waals surface area contributed by atoms with E-state index in [1.807, 2.05) is 0 Å². The number of fused-ring (bicyclic) bond motifs is 3. The Labute approximate surface area is 111 Å². The lowest BCUT2D eigenvalue weighted by molar-refractivity contribution is -0.170. The number of aliphatic hydroxyl groups excluding tert-OH is 1. The molecule has 0 spiro atoms. The van der Waals surface area contributed by atoms with Crippen LogP contribution >= 0.6 is 0 Å². The van der Waals surface area contributed by atoms with Gasteiger partial charge in [0.05, 0.1) is 11.7 Å². The third kappa shape index (κ3) is 1.61. The smallest absolute Gasteiger partial charge is 0.0688 e. The average Bonchev–Trinajstić information content (AvgIpc) is 2.58. The van der Waals surface area contributed by atoms with Gasteiger partial charge in [-0.05, 0) is 61.7 Å². The van der Waals surface area contributed by atoms with E-state index in [1.165, 1.54) is 19.3 Å². The molecular weight excluding hydrogens is 224 g/mol. The van der Waals surface area contributed by atoms with Crippen molar-refractivity contribution in [2.75, 3.05) is 6.61 Å². The summed E-state index contributed by atoms with van der Waals surface area (Å²) in [5.74, 6) is 1.38. The van der Waals surface area contributed by atoms with Gasteiger partial charge >= 0.3 is 0 Å². The summed E-state index contributed by atoms with van der Waals surface area (Å²) in [6.07, 6.45) is 5.49. The van der Waals surface area contributed by atoms with E-state index in [-0.39, 0.29) is 22.5 Å². The van der Waals surface area contributed by atoms with Crippen molar-refractivity contribution in [1.82, 2.24) is 0 Å². The van der Waals surface area contributed by atoms with Crippen molar-refractivity contribution in [2.24, 2.45) is 22.7 Å². The predicted octanol–water partition coefficient (Wildman–Crippen LogP) is 3.38. The van der Waals surface area contributed by atoms with Gasteiger partial charge in [-0.3, -0.25) is 0 Å². The van der Waals surface area contributed by atoms with Crippen LogP contribution < -0.4 is 0 Å². The third-order valence-corrected chi connectivity index (χ3v) is 6.48. The Morgan fingerprint density at radius 2 is 1.72 bits per heavy atom. The molecular formula is C16H28O2. The first-order valence-corrected chi connectivity index (χ1v) is 7.60. The average molecular weight is 252 g/mol. The molecule has 0 radical (unpaired) electrons. The highest BCUT2D eigenvalue weighted by atomic mass is 16.5.